The SMILES string of the molecule is CC(Nc1ccccc1N=C=O)c1ccco1. The molecule has 1 aromatic heterocycles. The smallest absolute Gasteiger partial charge is 0.240 e. The first kappa shape index (κ1) is 11.2. The van der Waals surface area contributed by atoms with Crippen molar-refractivity contribution in [2.75, 3.05) is 5.32 Å². The maximum atomic E-state index is 10.3. The predicted molar refractivity (Wildman–Crippen MR) is 65.0 cm³/mol. The second-order valence-corrected chi connectivity index (χ2v) is 3.60. The van der Waals surface area contributed by atoms with Crippen LogP contribution in [0.1, 0.15) is 18.7 Å². The number of nitrogens with one attached hydrogen (secondary N) is 1. The summed E-state index contributed by atoms with van der Waals surface area (Å²) in [5.74, 6) is 0.829. The van der Waals surface area contributed by atoms with Gasteiger partial charge < -0.3 is 9.73 Å². The van der Waals surface area contributed by atoms with Gasteiger partial charge in [0.15, 0.2) is 0 Å². The summed E-state index contributed by atoms with van der Waals surface area (Å²) in [6.45, 7) is 1.97. The van der Waals surface area contributed by atoms with Gasteiger partial charge in [-0.05, 0) is 31.2 Å². The largest absolute Gasteiger partial charge is 0.467 e. The lowest BCUT2D eigenvalue weighted by Crippen LogP contribution is -2.05. The van der Waals surface area contributed by atoms with Gasteiger partial charge in [0.1, 0.15) is 5.76 Å². The first-order chi connectivity index (χ1) is 8.31. The summed E-state index contributed by atoms with van der Waals surface area (Å²) in [5.41, 5.74) is 1.35. The molecule has 1 aromatic carbocycles. The van der Waals surface area contributed by atoms with Crippen LogP contribution in [0.25, 0.3) is 0 Å². The molecule has 0 spiro atoms. The van der Waals surface area contributed by atoms with Crippen molar-refractivity contribution >= 4 is 17.5 Å². The molecule has 4 heteroatoms. The summed E-state index contributed by atoms with van der Waals surface area (Å²) < 4.78 is 5.30. The molecule has 0 saturated heterocycles. The zero-order valence-corrected chi connectivity index (χ0v) is 9.38. The van der Waals surface area contributed by atoms with Crippen LogP contribution in [0.3, 0.4) is 0 Å². The molecule has 0 radical (unpaired) electrons. The van der Waals surface area contributed by atoms with Crippen LogP contribution < -0.4 is 5.32 Å². The summed E-state index contributed by atoms with van der Waals surface area (Å²) in [6.07, 6.45) is 3.17. The second kappa shape index (κ2) is 5.14. The lowest BCUT2D eigenvalue weighted by molar-refractivity contribution is 0.490. The van der Waals surface area contributed by atoms with E-state index < -0.39 is 0 Å². The predicted octanol–water partition coefficient (Wildman–Crippen LogP) is 3.42. The summed E-state index contributed by atoms with van der Waals surface area (Å²) in [7, 11) is 0. The Kier molecular flexibility index (Phi) is 3.38. The third kappa shape index (κ3) is 2.62. The molecule has 1 unspecified atom stereocenters. The fourth-order valence-electron chi connectivity index (χ4n) is 1.58. The molecule has 0 saturated carbocycles. The number of hydrogen-bond acceptors (Lipinski definition) is 4. The van der Waals surface area contributed by atoms with Crippen LogP contribution in [0, 0.1) is 0 Å². The van der Waals surface area contributed by atoms with E-state index in [4.69, 9.17) is 4.42 Å². The van der Waals surface area contributed by atoms with E-state index in [2.05, 4.69) is 10.3 Å². The molecule has 0 bridgehead atoms. The maximum absolute atomic E-state index is 10.3. The molecule has 86 valence electrons. The molecular weight excluding hydrogens is 216 g/mol. The van der Waals surface area contributed by atoms with E-state index in [9.17, 15) is 4.79 Å². The Morgan fingerprint density at radius 1 is 1.29 bits per heavy atom. The molecule has 0 amide bonds. The number of para-hydroxylation sites is 2. The number of furan rings is 1. The molecule has 2 aromatic rings. The Balaban J connectivity index is 2.21. The second-order valence-electron chi connectivity index (χ2n) is 3.60. The highest BCUT2D eigenvalue weighted by Gasteiger charge is 2.09. The van der Waals surface area contributed by atoms with E-state index in [1.807, 2.05) is 37.3 Å². The molecule has 1 heterocycles. The summed E-state index contributed by atoms with van der Waals surface area (Å²) in [5, 5.41) is 3.23. The van der Waals surface area contributed by atoms with Gasteiger partial charge in [-0.3, -0.25) is 0 Å². The van der Waals surface area contributed by atoms with Crippen molar-refractivity contribution < 1.29 is 9.21 Å². The Bertz CT molecular complexity index is 528. The summed E-state index contributed by atoms with van der Waals surface area (Å²) >= 11 is 0. The Morgan fingerprint density at radius 2 is 2.12 bits per heavy atom. The van der Waals surface area contributed by atoms with E-state index >= 15 is 0 Å². The monoisotopic (exact) mass is 228 g/mol. The van der Waals surface area contributed by atoms with Gasteiger partial charge in [0.25, 0.3) is 0 Å². The third-order valence-electron chi connectivity index (χ3n) is 2.41. The third-order valence-corrected chi connectivity index (χ3v) is 2.41. The molecule has 0 fully saturated rings. The lowest BCUT2D eigenvalue weighted by atomic mass is 10.2. The molecule has 0 aliphatic carbocycles. The van der Waals surface area contributed by atoms with E-state index in [1.165, 1.54) is 0 Å². The fourth-order valence-corrected chi connectivity index (χ4v) is 1.58. The van der Waals surface area contributed by atoms with Crippen LogP contribution in [0.4, 0.5) is 11.4 Å². The van der Waals surface area contributed by atoms with Crippen molar-refractivity contribution in [3.8, 4) is 0 Å². The molecule has 4 nitrogen and oxygen atoms in total. The Labute approximate surface area is 99.0 Å². The molecule has 0 aliphatic rings. The maximum Gasteiger partial charge on any atom is 0.240 e. The molecular formula is C13H12N2O2. The van der Waals surface area contributed by atoms with Crippen LogP contribution in [0.2, 0.25) is 0 Å². The van der Waals surface area contributed by atoms with Crippen molar-refractivity contribution in [3.05, 3.63) is 48.4 Å². The zero-order valence-electron chi connectivity index (χ0n) is 9.38. The average Bonchev–Trinajstić information content (AvgIpc) is 2.85. The van der Waals surface area contributed by atoms with E-state index in [0.29, 0.717) is 5.69 Å². The van der Waals surface area contributed by atoms with E-state index in [1.54, 1.807) is 18.4 Å². The number of benzene rings is 1. The van der Waals surface area contributed by atoms with Gasteiger partial charge in [-0.2, -0.15) is 4.99 Å². The highest BCUT2D eigenvalue weighted by molar-refractivity contribution is 5.68. The first-order valence-corrected chi connectivity index (χ1v) is 5.28. The number of anilines is 1. The minimum Gasteiger partial charge on any atom is -0.467 e. The lowest BCUT2D eigenvalue weighted by Gasteiger charge is -2.13. The number of carbonyl (C=O) groups excluding carboxylic acids is 1. The summed E-state index contributed by atoms with van der Waals surface area (Å²) in [4.78, 5) is 13.9. The Hall–Kier alpha value is -2.32. The molecule has 2 rings (SSSR count). The average molecular weight is 228 g/mol. The number of rotatable bonds is 4. The van der Waals surface area contributed by atoms with Crippen LogP contribution >= 0.6 is 0 Å². The van der Waals surface area contributed by atoms with Crippen LogP contribution in [-0.4, -0.2) is 6.08 Å². The molecule has 1 atom stereocenters. The van der Waals surface area contributed by atoms with Gasteiger partial charge in [0, 0.05) is 0 Å². The highest BCUT2D eigenvalue weighted by Crippen LogP contribution is 2.27. The van der Waals surface area contributed by atoms with Gasteiger partial charge >= 0.3 is 0 Å². The number of nitrogens with zero attached hydrogens (tertiary/aromatic N) is 1. The first-order valence-electron chi connectivity index (χ1n) is 5.28. The van der Waals surface area contributed by atoms with Gasteiger partial charge in [0.05, 0.1) is 23.7 Å². The van der Waals surface area contributed by atoms with Gasteiger partial charge in [-0.25, -0.2) is 4.79 Å². The minimum atomic E-state index is 0.00741. The topological polar surface area (TPSA) is 54.6 Å². The molecule has 17 heavy (non-hydrogen) atoms. The molecule has 0 aliphatic heterocycles. The van der Waals surface area contributed by atoms with Crippen LogP contribution in [0.15, 0.2) is 52.1 Å². The minimum absolute atomic E-state index is 0.00741. The Morgan fingerprint density at radius 3 is 2.82 bits per heavy atom. The van der Waals surface area contributed by atoms with Gasteiger partial charge in [-0.15, -0.1) is 0 Å². The van der Waals surface area contributed by atoms with Crippen molar-refractivity contribution in [3.63, 3.8) is 0 Å². The van der Waals surface area contributed by atoms with Crippen molar-refractivity contribution in [2.45, 2.75) is 13.0 Å². The van der Waals surface area contributed by atoms with Gasteiger partial charge in [0.2, 0.25) is 6.08 Å². The number of isocyanates is 1. The number of aliphatic imine (C=N–C) groups is 1. The standard InChI is InChI=1S/C13H12N2O2/c1-10(13-7-4-8-17-13)15-12-6-3-2-5-11(12)14-9-16/h2-8,10,15H,1H3. The normalized spacial score (nSPS) is 11.6. The zero-order chi connectivity index (χ0) is 12.1. The van der Waals surface area contributed by atoms with Crippen molar-refractivity contribution in [1.29, 1.82) is 0 Å². The van der Waals surface area contributed by atoms with E-state index in [-0.39, 0.29) is 6.04 Å². The highest BCUT2D eigenvalue weighted by atomic mass is 16.3. The summed E-state index contributed by atoms with van der Waals surface area (Å²) in [6, 6.07) is 11.0. The fraction of sp³-hybridized carbons (Fsp3) is 0.154. The van der Waals surface area contributed by atoms with Gasteiger partial charge in [-0.1, -0.05) is 12.1 Å². The van der Waals surface area contributed by atoms with Crippen molar-refractivity contribution in [1.82, 2.24) is 0 Å². The van der Waals surface area contributed by atoms with Crippen LogP contribution in [-0.2, 0) is 4.79 Å². The number of hydrogen-bond donors (Lipinski definition) is 1. The van der Waals surface area contributed by atoms with Crippen LogP contribution in [0.5, 0.6) is 0 Å². The van der Waals surface area contributed by atoms with Crippen molar-refractivity contribution in [2.24, 2.45) is 4.99 Å². The van der Waals surface area contributed by atoms with E-state index in [0.717, 1.165) is 11.4 Å². The molecule has 1 N–H and O–H groups in total. The quantitative estimate of drug-likeness (QED) is 0.644.